The van der Waals surface area contributed by atoms with E-state index in [9.17, 15) is 9.59 Å². The molecule has 2 aliphatic heterocycles. The van der Waals surface area contributed by atoms with E-state index in [0.29, 0.717) is 42.9 Å². The smallest absolute Gasteiger partial charge is 0.254 e. The van der Waals surface area contributed by atoms with Crippen molar-refractivity contribution in [3.05, 3.63) is 41.6 Å². The molecule has 0 aliphatic carbocycles. The van der Waals surface area contributed by atoms with Crippen LogP contribution in [0.5, 0.6) is 5.75 Å². The Morgan fingerprint density at radius 3 is 2.62 bits per heavy atom. The van der Waals surface area contributed by atoms with Gasteiger partial charge in [0.2, 0.25) is 5.91 Å². The third kappa shape index (κ3) is 5.35. The highest BCUT2D eigenvalue weighted by atomic mass is 16.5. The fraction of sp³-hybridized carbons (Fsp3) is 0.500. The second-order valence-electron chi connectivity index (χ2n) is 11.9. The molecule has 10 nitrogen and oxygen atoms in total. The maximum atomic E-state index is 13.5. The number of piperidine rings is 1. The number of methoxy groups -OCH3 is 1. The van der Waals surface area contributed by atoms with Crippen molar-refractivity contribution >= 4 is 33.9 Å². The number of fused-ring (bicyclic) bond motifs is 2. The SMILES string of the molecule is COc1cc(C(=O)N2CCC[C@@H](N)C2)cc2nc(-c3cc4ccc5nc4n3CCCCCCCC(=O)N(C)C5)n(C)c12. The van der Waals surface area contributed by atoms with Gasteiger partial charge in [-0.2, -0.15) is 0 Å². The average molecular weight is 572 g/mol. The summed E-state index contributed by atoms with van der Waals surface area (Å²) >= 11 is 0. The van der Waals surface area contributed by atoms with Gasteiger partial charge >= 0.3 is 0 Å². The van der Waals surface area contributed by atoms with Gasteiger partial charge in [-0.15, -0.1) is 0 Å². The number of pyridine rings is 1. The number of rotatable bonds is 3. The quantitative estimate of drug-likeness (QED) is 0.388. The van der Waals surface area contributed by atoms with Gasteiger partial charge in [0.05, 0.1) is 30.6 Å². The fourth-order valence-corrected chi connectivity index (χ4v) is 6.46. The highest BCUT2D eigenvalue weighted by Crippen LogP contribution is 2.35. The van der Waals surface area contributed by atoms with Crippen LogP contribution < -0.4 is 10.5 Å². The van der Waals surface area contributed by atoms with Crippen LogP contribution in [0.2, 0.25) is 0 Å². The molecule has 2 N–H and O–H groups in total. The lowest BCUT2D eigenvalue weighted by Crippen LogP contribution is -2.45. The second-order valence-corrected chi connectivity index (χ2v) is 11.9. The summed E-state index contributed by atoms with van der Waals surface area (Å²) < 4.78 is 10.1. The van der Waals surface area contributed by atoms with Crippen LogP contribution in [0.25, 0.3) is 33.6 Å². The number of nitrogens with two attached hydrogens (primary N) is 1. The van der Waals surface area contributed by atoms with Gasteiger partial charge in [-0.1, -0.05) is 19.3 Å². The van der Waals surface area contributed by atoms with Gasteiger partial charge in [-0.05, 0) is 56.0 Å². The highest BCUT2D eigenvalue weighted by molar-refractivity contribution is 6.00. The van der Waals surface area contributed by atoms with E-state index in [2.05, 4.69) is 21.3 Å². The highest BCUT2D eigenvalue weighted by Gasteiger charge is 2.26. The van der Waals surface area contributed by atoms with Crippen molar-refractivity contribution in [3.8, 4) is 17.3 Å². The molecule has 10 heteroatoms. The summed E-state index contributed by atoms with van der Waals surface area (Å²) in [5.41, 5.74) is 11.0. The first-order valence-electron chi connectivity index (χ1n) is 15.2. The zero-order chi connectivity index (χ0) is 29.4. The van der Waals surface area contributed by atoms with Crippen molar-refractivity contribution in [2.45, 2.75) is 70.5 Å². The zero-order valence-electron chi connectivity index (χ0n) is 24.9. The van der Waals surface area contributed by atoms with Crippen LogP contribution in [-0.2, 0) is 24.9 Å². The first-order chi connectivity index (χ1) is 20.3. The van der Waals surface area contributed by atoms with Crippen LogP contribution in [0.4, 0.5) is 0 Å². The molecule has 0 unspecified atom stereocenters. The lowest BCUT2D eigenvalue weighted by atomic mass is 10.0. The number of carbonyl (C=O) groups excluding carboxylic acids is 2. The lowest BCUT2D eigenvalue weighted by Gasteiger charge is -2.30. The topological polar surface area (TPSA) is 112 Å². The minimum absolute atomic E-state index is 0.00884. The summed E-state index contributed by atoms with van der Waals surface area (Å²) in [7, 11) is 5.48. The third-order valence-electron chi connectivity index (χ3n) is 8.77. The van der Waals surface area contributed by atoms with Crippen molar-refractivity contribution in [3.63, 3.8) is 0 Å². The number of hydrogen-bond donors (Lipinski definition) is 1. The molecule has 2 bridgehead atoms. The normalized spacial score (nSPS) is 19.0. The number of amides is 2. The van der Waals surface area contributed by atoms with Crippen molar-refractivity contribution < 1.29 is 14.3 Å². The minimum Gasteiger partial charge on any atom is -0.494 e. The summed E-state index contributed by atoms with van der Waals surface area (Å²) in [6.45, 7) is 2.58. The predicted octanol–water partition coefficient (Wildman–Crippen LogP) is 4.47. The van der Waals surface area contributed by atoms with Gasteiger partial charge in [0, 0.05) is 57.1 Å². The summed E-state index contributed by atoms with van der Waals surface area (Å²) in [5.74, 6) is 1.53. The van der Waals surface area contributed by atoms with E-state index >= 15 is 0 Å². The molecular weight excluding hydrogens is 530 g/mol. The molecule has 1 atom stereocenters. The van der Waals surface area contributed by atoms with E-state index in [1.54, 1.807) is 12.0 Å². The Morgan fingerprint density at radius 2 is 1.81 bits per heavy atom. The van der Waals surface area contributed by atoms with E-state index < -0.39 is 0 Å². The van der Waals surface area contributed by atoms with Gasteiger partial charge in [-0.3, -0.25) is 9.59 Å². The number of imidazole rings is 1. The lowest BCUT2D eigenvalue weighted by molar-refractivity contribution is -0.130. The van der Waals surface area contributed by atoms with Crippen LogP contribution in [0, 0.1) is 0 Å². The first kappa shape index (κ1) is 28.2. The van der Waals surface area contributed by atoms with E-state index in [1.165, 1.54) is 0 Å². The van der Waals surface area contributed by atoms with Crippen molar-refractivity contribution in [1.82, 2.24) is 28.9 Å². The summed E-state index contributed by atoms with van der Waals surface area (Å²) in [6.07, 6.45) is 7.63. The number of benzene rings is 1. The van der Waals surface area contributed by atoms with Crippen molar-refractivity contribution in [2.75, 3.05) is 27.2 Å². The standard InChI is InChI=1S/C32H41N7O3/c1-36-20-24-13-12-21-17-26(39(30(21)34-24)15-8-6-4-5-7-11-28(36)40)31-35-25-16-22(18-27(42-3)29(25)37(31)2)32(41)38-14-9-10-23(33)19-38/h12-13,16-18,23H,4-11,14-15,19-20,33H2,1-3H3/t23-/m1/s1. The first-order valence-corrected chi connectivity index (χ1v) is 15.2. The molecule has 2 aliphatic rings. The molecule has 3 aromatic heterocycles. The number of carbonyl (C=O) groups is 2. The molecule has 4 aromatic rings. The van der Waals surface area contributed by atoms with Crippen LogP contribution in [-0.4, -0.2) is 74.0 Å². The molecule has 1 saturated heterocycles. The Bertz CT molecular complexity index is 1640. The van der Waals surface area contributed by atoms with Gasteiger partial charge < -0.3 is 29.4 Å². The van der Waals surface area contributed by atoms with Gasteiger partial charge in [0.1, 0.15) is 16.9 Å². The van der Waals surface area contributed by atoms with E-state index in [1.807, 2.05) is 37.2 Å². The number of hydrogen-bond acceptors (Lipinski definition) is 6. The number of aryl methyl sites for hydroxylation is 2. The van der Waals surface area contributed by atoms with Crippen LogP contribution in [0.15, 0.2) is 30.3 Å². The Hall–Kier alpha value is -3.92. The second kappa shape index (κ2) is 11.8. The molecular formula is C32H41N7O3. The maximum absolute atomic E-state index is 13.5. The molecule has 6 rings (SSSR count). The maximum Gasteiger partial charge on any atom is 0.254 e. The summed E-state index contributed by atoms with van der Waals surface area (Å²) in [6, 6.07) is 9.95. The van der Waals surface area contributed by atoms with Gasteiger partial charge in [0.15, 0.2) is 5.82 Å². The number of ether oxygens (including phenoxy) is 1. The average Bonchev–Trinajstić information content (AvgIpc) is 3.51. The Balaban J connectivity index is 1.43. The third-order valence-corrected chi connectivity index (χ3v) is 8.77. The number of aromatic nitrogens is 4. The molecule has 2 amide bonds. The minimum atomic E-state index is -0.0417. The van der Waals surface area contributed by atoms with E-state index in [-0.39, 0.29) is 17.9 Å². The Kier molecular flexibility index (Phi) is 7.90. The molecule has 222 valence electrons. The predicted molar refractivity (Wildman–Crippen MR) is 163 cm³/mol. The Morgan fingerprint density at radius 1 is 1.00 bits per heavy atom. The molecule has 1 aromatic carbocycles. The Labute approximate surface area is 246 Å². The van der Waals surface area contributed by atoms with Gasteiger partial charge in [0.25, 0.3) is 5.91 Å². The summed E-state index contributed by atoms with van der Waals surface area (Å²) in [4.78, 5) is 39.8. The fourth-order valence-electron chi connectivity index (χ4n) is 6.46. The van der Waals surface area contributed by atoms with E-state index in [0.717, 1.165) is 85.3 Å². The van der Waals surface area contributed by atoms with Crippen molar-refractivity contribution in [1.29, 1.82) is 0 Å². The summed E-state index contributed by atoms with van der Waals surface area (Å²) in [5, 5.41) is 1.03. The van der Waals surface area contributed by atoms with Crippen LogP contribution >= 0.6 is 0 Å². The number of nitrogens with zero attached hydrogens (tertiary/aromatic N) is 6. The van der Waals surface area contributed by atoms with Crippen molar-refractivity contribution in [2.24, 2.45) is 12.8 Å². The monoisotopic (exact) mass is 571 g/mol. The van der Waals surface area contributed by atoms with Crippen LogP contribution in [0.1, 0.15) is 67.4 Å². The molecule has 5 heterocycles. The molecule has 0 spiro atoms. The van der Waals surface area contributed by atoms with Crippen LogP contribution in [0.3, 0.4) is 0 Å². The molecule has 42 heavy (non-hydrogen) atoms. The van der Waals surface area contributed by atoms with E-state index in [4.69, 9.17) is 20.4 Å². The molecule has 0 radical (unpaired) electrons. The molecule has 1 fully saturated rings. The largest absolute Gasteiger partial charge is 0.494 e. The van der Waals surface area contributed by atoms with Gasteiger partial charge in [-0.25, -0.2) is 9.97 Å². The zero-order valence-corrected chi connectivity index (χ0v) is 24.9. The number of likely N-dealkylation sites (tertiary alicyclic amines) is 1. The molecule has 0 saturated carbocycles.